The van der Waals surface area contributed by atoms with Gasteiger partial charge in [-0.1, -0.05) is 0 Å². The van der Waals surface area contributed by atoms with Gasteiger partial charge in [-0.2, -0.15) is 0 Å². The van der Waals surface area contributed by atoms with E-state index in [0.29, 0.717) is 6.61 Å². The fourth-order valence-corrected chi connectivity index (χ4v) is 2.13. The Kier molecular flexibility index (Phi) is 5.19. The van der Waals surface area contributed by atoms with E-state index in [2.05, 4.69) is 4.72 Å². The van der Waals surface area contributed by atoms with Crippen molar-refractivity contribution in [2.75, 3.05) is 19.0 Å². The van der Waals surface area contributed by atoms with Crippen LogP contribution < -0.4 is 10.5 Å². The number of ether oxygens (including phenoxy) is 1. The molecule has 15 heavy (non-hydrogen) atoms. The number of rotatable bonds is 7. The molecule has 4 N–H and O–H groups in total. The van der Waals surface area contributed by atoms with Crippen molar-refractivity contribution in [1.82, 2.24) is 4.72 Å². The minimum Gasteiger partial charge on any atom is -0.386 e. The predicted octanol–water partition coefficient (Wildman–Crippen LogP) is -0.343. The van der Waals surface area contributed by atoms with Crippen LogP contribution in [-0.2, 0) is 14.8 Å². The number of nitrogens with two attached hydrogens (primary N) is 1. The Hall–Kier alpha value is -0.660. The van der Waals surface area contributed by atoms with Gasteiger partial charge in [-0.15, -0.1) is 0 Å². The largest absolute Gasteiger partial charge is 0.386 e. The van der Waals surface area contributed by atoms with Gasteiger partial charge in [0.2, 0.25) is 10.0 Å². The molecule has 0 saturated carbocycles. The zero-order valence-corrected chi connectivity index (χ0v) is 10.1. The van der Waals surface area contributed by atoms with Crippen molar-refractivity contribution in [1.29, 1.82) is 5.41 Å². The monoisotopic (exact) mass is 237 g/mol. The minimum absolute atomic E-state index is 0.127. The lowest BCUT2D eigenvalue weighted by atomic mass is 10.1. The molecule has 0 aromatic rings. The maximum atomic E-state index is 11.5. The molecule has 0 aliphatic heterocycles. The molecule has 6 nitrogen and oxygen atoms in total. The van der Waals surface area contributed by atoms with Crippen LogP contribution in [0.5, 0.6) is 0 Å². The van der Waals surface area contributed by atoms with Crippen molar-refractivity contribution in [3.8, 4) is 0 Å². The van der Waals surface area contributed by atoms with Crippen LogP contribution in [0.3, 0.4) is 0 Å². The topological polar surface area (TPSA) is 105 Å². The van der Waals surface area contributed by atoms with E-state index in [1.807, 2.05) is 0 Å². The molecule has 0 unspecified atom stereocenters. The van der Waals surface area contributed by atoms with E-state index in [4.69, 9.17) is 15.9 Å². The van der Waals surface area contributed by atoms with Crippen LogP contribution in [0.1, 0.15) is 20.8 Å². The van der Waals surface area contributed by atoms with E-state index < -0.39 is 15.6 Å². The van der Waals surface area contributed by atoms with Gasteiger partial charge in [0.15, 0.2) is 0 Å². The molecule has 0 atom stereocenters. The first-order chi connectivity index (χ1) is 6.71. The Bertz CT molecular complexity index is 311. The second kappa shape index (κ2) is 5.43. The highest BCUT2D eigenvalue weighted by atomic mass is 32.2. The van der Waals surface area contributed by atoms with E-state index in [-0.39, 0.29) is 18.2 Å². The third-order valence-electron chi connectivity index (χ3n) is 1.78. The molecule has 0 bridgehead atoms. The Labute approximate surface area is 90.7 Å². The van der Waals surface area contributed by atoms with Crippen molar-refractivity contribution in [2.45, 2.75) is 26.3 Å². The molecule has 0 radical (unpaired) electrons. The normalized spacial score (nSPS) is 12.7. The summed E-state index contributed by atoms with van der Waals surface area (Å²) in [6.45, 7) is 5.48. The zero-order valence-electron chi connectivity index (χ0n) is 9.33. The van der Waals surface area contributed by atoms with E-state index in [0.717, 1.165) is 0 Å². The predicted molar refractivity (Wildman–Crippen MR) is 59.4 cm³/mol. The van der Waals surface area contributed by atoms with Crippen molar-refractivity contribution < 1.29 is 13.2 Å². The molecular weight excluding hydrogens is 218 g/mol. The number of sulfonamides is 1. The summed E-state index contributed by atoms with van der Waals surface area (Å²) in [7, 11) is -3.45. The Balaban J connectivity index is 4.32. The van der Waals surface area contributed by atoms with Gasteiger partial charge in [0, 0.05) is 6.61 Å². The van der Waals surface area contributed by atoms with Crippen LogP contribution in [0.25, 0.3) is 0 Å². The maximum absolute atomic E-state index is 11.5. The van der Waals surface area contributed by atoms with Crippen molar-refractivity contribution in [3.63, 3.8) is 0 Å². The average molecular weight is 237 g/mol. The van der Waals surface area contributed by atoms with Crippen LogP contribution in [0, 0.1) is 5.41 Å². The Morgan fingerprint density at radius 3 is 2.47 bits per heavy atom. The summed E-state index contributed by atoms with van der Waals surface area (Å²) >= 11 is 0. The maximum Gasteiger partial charge on any atom is 0.214 e. The molecule has 0 saturated heterocycles. The second-order valence-electron chi connectivity index (χ2n) is 3.66. The van der Waals surface area contributed by atoms with Gasteiger partial charge in [-0.25, -0.2) is 13.1 Å². The first-order valence-corrected chi connectivity index (χ1v) is 6.30. The molecule has 90 valence electrons. The SMILES string of the molecule is CCOCCS(=O)(=O)NC(C)(C)C(=N)N. The summed E-state index contributed by atoms with van der Waals surface area (Å²) in [4.78, 5) is 0. The number of amidine groups is 1. The van der Waals surface area contributed by atoms with Crippen molar-refractivity contribution >= 4 is 15.9 Å². The van der Waals surface area contributed by atoms with E-state index >= 15 is 0 Å². The minimum atomic E-state index is -3.45. The highest BCUT2D eigenvalue weighted by Gasteiger charge is 2.27. The van der Waals surface area contributed by atoms with E-state index in [9.17, 15) is 8.42 Å². The Morgan fingerprint density at radius 2 is 2.07 bits per heavy atom. The van der Waals surface area contributed by atoms with Crippen LogP contribution in [0.15, 0.2) is 0 Å². The van der Waals surface area contributed by atoms with Crippen LogP contribution in [0.2, 0.25) is 0 Å². The lowest BCUT2D eigenvalue weighted by Gasteiger charge is -2.24. The third-order valence-corrected chi connectivity index (χ3v) is 3.31. The van der Waals surface area contributed by atoms with Crippen LogP contribution in [-0.4, -0.2) is 38.8 Å². The quantitative estimate of drug-likeness (QED) is 0.320. The van der Waals surface area contributed by atoms with Gasteiger partial charge in [-0.3, -0.25) is 5.41 Å². The molecular formula is C8H19N3O3S. The van der Waals surface area contributed by atoms with Gasteiger partial charge >= 0.3 is 0 Å². The number of hydrogen-bond acceptors (Lipinski definition) is 4. The first-order valence-electron chi connectivity index (χ1n) is 4.65. The van der Waals surface area contributed by atoms with Gasteiger partial charge in [0.1, 0.15) is 5.84 Å². The van der Waals surface area contributed by atoms with Gasteiger partial charge in [0.25, 0.3) is 0 Å². The highest BCUT2D eigenvalue weighted by Crippen LogP contribution is 2.03. The fraction of sp³-hybridized carbons (Fsp3) is 0.875. The summed E-state index contributed by atoms with van der Waals surface area (Å²) in [5.74, 6) is -0.347. The summed E-state index contributed by atoms with van der Waals surface area (Å²) in [5.41, 5.74) is 4.21. The van der Waals surface area contributed by atoms with E-state index in [1.54, 1.807) is 6.92 Å². The number of nitrogens with one attached hydrogen (secondary N) is 2. The lowest BCUT2D eigenvalue weighted by Crippen LogP contribution is -2.53. The summed E-state index contributed by atoms with van der Waals surface area (Å²) in [6.07, 6.45) is 0. The summed E-state index contributed by atoms with van der Waals surface area (Å²) in [6, 6.07) is 0. The average Bonchev–Trinajstić information content (AvgIpc) is 2.01. The fourth-order valence-electron chi connectivity index (χ4n) is 0.808. The van der Waals surface area contributed by atoms with E-state index in [1.165, 1.54) is 13.8 Å². The van der Waals surface area contributed by atoms with Gasteiger partial charge in [-0.05, 0) is 20.8 Å². The molecule has 0 aromatic carbocycles. The van der Waals surface area contributed by atoms with Crippen molar-refractivity contribution in [3.05, 3.63) is 0 Å². The summed E-state index contributed by atoms with van der Waals surface area (Å²) in [5, 5.41) is 7.21. The first kappa shape index (κ1) is 14.3. The molecule has 0 rings (SSSR count). The van der Waals surface area contributed by atoms with Gasteiger partial charge < -0.3 is 10.5 Å². The smallest absolute Gasteiger partial charge is 0.214 e. The van der Waals surface area contributed by atoms with Crippen molar-refractivity contribution in [2.24, 2.45) is 5.73 Å². The van der Waals surface area contributed by atoms with Crippen LogP contribution >= 0.6 is 0 Å². The molecule has 0 aromatic heterocycles. The Morgan fingerprint density at radius 1 is 1.53 bits per heavy atom. The standard InChI is InChI=1S/C8H19N3O3S/c1-4-14-5-6-15(12,13)11-8(2,3)7(9)10/h11H,4-6H2,1-3H3,(H3,9,10). The molecule has 0 spiro atoms. The molecule has 0 heterocycles. The molecule has 0 aliphatic carbocycles. The molecule has 7 heteroatoms. The van der Waals surface area contributed by atoms with Crippen LogP contribution in [0.4, 0.5) is 0 Å². The molecule has 0 aliphatic rings. The third kappa shape index (κ3) is 5.71. The lowest BCUT2D eigenvalue weighted by molar-refractivity contribution is 0.163. The molecule has 0 amide bonds. The second-order valence-corrected chi connectivity index (χ2v) is 5.50. The highest BCUT2D eigenvalue weighted by molar-refractivity contribution is 7.89. The zero-order chi connectivity index (χ0) is 12.1. The number of hydrogen-bond donors (Lipinski definition) is 3. The summed E-state index contributed by atoms with van der Waals surface area (Å²) < 4.78 is 30.2. The van der Waals surface area contributed by atoms with Gasteiger partial charge in [0.05, 0.1) is 17.9 Å². The molecule has 0 fully saturated rings.